The van der Waals surface area contributed by atoms with E-state index in [4.69, 9.17) is 10.2 Å². The summed E-state index contributed by atoms with van der Waals surface area (Å²) in [6.07, 6.45) is -0.832. The molecule has 1 aromatic rings. The van der Waals surface area contributed by atoms with E-state index in [1.54, 1.807) is 0 Å². The molecular formula is C8H8BrNO6S2. The topological polar surface area (TPSA) is 121 Å². The van der Waals surface area contributed by atoms with Crippen molar-refractivity contribution in [1.29, 1.82) is 0 Å². The van der Waals surface area contributed by atoms with Gasteiger partial charge in [-0.25, -0.2) is 8.42 Å². The van der Waals surface area contributed by atoms with Gasteiger partial charge < -0.3 is 10.2 Å². The van der Waals surface area contributed by atoms with Gasteiger partial charge in [0.05, 0.1) is 10.2 Å². The van der Waals surface area contributed by atoms with Crippen LogP contribution >= 0.6 is 27.3 Å². The van der Waals surface area contributed by atoms with Crippen LogP contribution in [0.1, 0.15) is 6.42 Å². The van der Waals surface area contributed by atoms with Crippen molar-refractivity contribution in [2.45, 2.75) is 16.7 Å². The lowest BCUT2D eigenvalue weighted by Gasteiger charge is -2.11. The van der Waals surface area contributed by atoms with Crippen molar-refractivity contribution in [2.24, 2.45) is 0 Å². The summed E-state index contributed by atoms with van der Waals surface area (Å²) in [5.74, 6) is -2.95. The summed E-state index contributed by atoms with van der Waals surface area (Å²) in [6, 6.07) is 1.08. The van der Waals surface area contributed by atoms with Gasteiger partial charge in [-0.2, -0.15) is 4.72 Å². The highest BCUT2D eigenvalue weighted by atomic mass is 79.9. The van der Waals surface area contributed by atoms with Gasteiger partial charge in [0.2, 0.25) is 0 Å². The third-order valence-corrected chi connectivity index (χ3v) is 5.37. The first kappa shape index (κ1) is 15.1. The van der Waals surface area contributed by atoms with Crippen molar-refractivity contribution < 1.29 is 28.2 Å². The SMILES string of the molecule is O=C(O)C[C@H](NS(=O)(=O)c1ccc(Br)s1)C(=O)O. The zero-order valence-corrected chi connectivity index (χ0v) is 11.9. The number of nitrogens with one attached hydrogen (secondary N) is 1. The third kappa shape index (κ3) is 4.05. The van der Waals surface area contributed by atoms with E-state index in [2.05, 4.69) is 15.9 Å². The third-order valence-electron chi connectivity index (χ3n) is 1.79. The lowest BCUT2D eigenvalue weighted by Crippen LogP contribution is -2.41. The summed E-state index contributed by atoms with van der Waals surface area (Å²) in [6.45, 7) is 0. The summed E-state index contributed by atoms with van der Waals surface area (Å²) in [5.41, 5.74) is 0. The highest BCUT2D eigenvalue weighted by molar-refractivity contribution is 9.11. The number of carbonyl (C=O) groups is 2. The summed E-state index contributed by atoms with van der Waals surface area (Å²) in [5, 5.41) is 17.2. The molecule has 0 spiro atoms. The Hall–Kier alpha value is -0.970. The fraction of sp³-hybridized carbons (Fsp3) is 0.250. The Kier molecular flexibility index (Phi) is 4.85. The molecule has 1 rings (SSSR count). The molecule has 0 unspecified atom stereocenters. The molecule has 18 heavy (non-hydrogen) atoms. The summed E-state index contributed by atoms with van der Waals surface area (Å²) in [7, 11) is -4.03. The summed E-state index contributed by atoms with van der Waals surface area (Å²) < 4.78 is 25.8. The van der Waals surface area contributed by atoms with Crippen LogP contribution in [-0.2, 0) is 19.6 Å². The Morgan fingerprint density at radius 2 is 2.00 bits per heavy atom. The highest BCUT2D eigenvalue weighted by Gasteiger charge is 2.28. The number of sulfonamides is 1. The van der Waals surface area contributed by atoms with Gasteiger partial charge in [-0.1, -0.05) is 0 Å². The Balaban J connectivity index is 2.93. The molecule has 0 aliphatic rings. The molecule has 3 N–H and O–H groups in total. The molecule has 0 radical (unpaired) electrons. The van der Waals surface area contributed by atoms with Gasteiger partial charge in [0, 0.05) is 0 Å². The number of halogens is 1. The first-order chi connectivity index (χ1) is 8.22. The summed E-state index contributed by atoms with van der Waals surface area (Å²) in [4.78, 5) is 21.2. The van der Waals surface area contributed by atoms with Crippen LogP contribution in [0.2, 0.25) is 0 Å². The Labute approximate surface area is 115 Å². The summed E-state index contributed by atoms with van der Waals surface area (Å²) >= 11 is 3.97. The Morgan fingerprint density at radius 1 is 1.39 bits per heavy atom. The Bertz CT molecular complexity index is 566. The number of aliphatic carboxylic acids is 2. The molecular weight excluding hydrogens is 350 g/mol. The standard InChI is InChI=1S/C8H8BrNO6S2/c9-5-1-2-7(17-5)18(15,16)10-4(8(13)14)3-6(11)12/h1-2,4,10H,3H2,(H,11,12)(H,13,14)/t4-/m0/s1. The van der Waals surface area contributed by atoms with Crippen molar-refractivity contribution >= 4 is 49.2 Å². The van der Waals surface area contributed by atoms with Crippen LogP contribution in [0.4, 0.5) is 0 Å². The smallest absolute Gasteiger partial charge is 0.322 e. The number of rotatable bonds is 6. The number of carboxylic acid groups (broad SMARTS) is 2. The molecule has 0 aromatic carbocycles. The molecule has 0 amide bonds. The molecule has 0 saturated heterocycles. The average Bonchev–Trinajstić information content (AvgIpc) is 2.63. The molecule has 0 aliphatic heterocycles. The molecule has 10 heteroatoms. The minimum Gasteiger partial charge on any atom is -0.481 e. The van der Waals surface area contributed by atoms with E-state index in [1.165, 1.54) is 12.1 Å². The Morgan fingerprint density at radius 3 is 2.39 bits per heavy atom. The highest BCUT2D eigenvalue weighted by Crippen LogP contribution is 2.26. The molecule has 0 fully saturated rings. The first-order valence-corrected chi connectivity index (χ1v) is 7.54. The van der Waals surface area contributed by atoms with Gasteiger partial charge in [0.1, 0.15) is 10.3 Å². The second kappa shape index (κ2) is 5.78. The van der Waals surface area contributed by atoms with Crippen LogP contribution in [0.3, 0.4) is 0 Å². The fourth-order valence-corrected chi connectivity index (χ4v) is 4.26. The van der Waals surface area contributed by atoms with Gasteiger partial charge in [-0.15, -0.1) is 11.3 Å². The average molecular weight is 358 g/mol. The monoisotopic (exact) mass is 357 g/mol. The fourth-order valence-electron chi connectivity index (χ4n) is 1.04. The molecule has 100 valence electrons. The van der Waals surface area contributed by atoms with Crippen molar-refractivity contribution in [3.63, 3.8) is 0 Å². The van der Waals surface area contributed by atoms with E-state index >= 15 is 0 Å². The maximum Gasteiger partial charge on any atom is 0.322 e. The molecule has 0 bridgehead atoms. The maximum atomic E-state index is 11.8. The zero-order valence-electron chi connectivity index (χ0n) is 8.66. The van der Waals surface area contributed by atoms with Crippen molar-refractivity contribution in [3.05, 3.63) is 15.9 Å². The quantitative estimate of drug-likeness (QED) is 0.689. The molecule has 1 aromatic heterocycles. The van der Waals surface area contributed by atoms with Crippen LogP contribution in [0.5, 0.6) is 0 Å². The minimum atomic E-state index is -4.03. The van der Waals surface area contributed by atoms with E-state index in [0.29, 0.717) is 3.79 Å². The van der Waals surface area contributed by atoms with Crippen molar-refractivity contribution in [2.75, 3.05) is 0 Å². The molecule has 7 nitrogen and oxygen atoms in total. The molecule has 0 aliphatic carbocycles. The van der Waals surface area contributed by atoms with Crippen molar-refractivity contribution in [3.8, 4) is 0 Å². The lowest BCUT2D eigenvalue weighted by atomic mass is 10.2. The maximum absolute atomic E-state index is 11.8. The van der Waals surface area contributed by atoms with Crippen LogP contribution in [0.25, 0.3) is 0 Å². The number of hydrogen-bond acceptors (Lipinski definition) is 5. The predicted molar refractivity (Wildman–Crippen MR) is 66.0 cm³/mol. The predicted octanol–water partition coefficient (Wildman–Crippen LogP) is 0.717. The minimum absolute atomic E-state index is 0.0917. The normalized spacial score (nSPS) is 13.2. The van der Waals surface area contributed by atoms with E-state index < -0.39 is 34.4 Å². The van der Waals surface area contributed by atoms with Gasteiger partial charge in [-0.3, -0.25) is 9.59 Å². The van der Waals surface area contributed by atoms with Gasteiger partial charge >= 0.3 is 11.9 Å². The van der Waals surface area contributed by atoms with E-state index in [9.17, 15) is 18.0 Å². The van der Waals surface area contributed by atoms with E-state index in [-0.39, 0.29) is 4.21 Å². The van der Waals surface area contributed by atoms with Crippen LogP contribution in [0.15, 0.2) is 20.1 Å². The largest absolute Gasteiger partial charge is 0.481 e. The van der Waals surface area contributed by atoms with Crippen molar-refractivity contribution in [1.82, 2.24) is 4.72 Å². The lowest BCUT2D eigenvalue weighted by molar-refractivity contribution is -0.145. The van der Waals surface area contributed by atoms with Crippen LogP contribution < -0.4 is 4.72 Å². The van der Waals surface area contributed by atoms with Gasteiger partial charge in [0.25, 0.3) is 10.0 Å². The number of thiophene rings is 1. The van der Waals surface area contributed by atoms with Gasteiger partial charge in [-0.05, 0) is 28.1 Å². The molecule has 0 saturated carbocycles. The zero-order chi connectivity index (χ0) is 13.9. The van der Waals surface area contributed by atoms with E-state index in [0.717, 1.165) is 11.3 Å². The second-order valence-corrected chi connectivity index (χ2v) is 7.57. The first-order valence-electron chi connectivity index (χ1n) is 4.44. The molecule has 1 atom stereocenters. The van der Waals surface area contributed by atoms with Crippen LogP contribution in [0, 0.1) is 0 Å². The van der Waals surface area contributed by atoms with E-state index in [1.807, 2.05) is 4.72 Å². The molecule has 1 heterocycles. The van der Waals surface area contributed by atoms with Gasteiger partial charge in [0.15, 0.2) is 0 Å². The second-order valence-electron chi connectivity index (χ2n) is 3.17. The number of hydrogen-bond donors (Lipinski definition) is 3. The number of carboxylic acids is 2. The van der Waals surface area contributed by atoms with Crippen LogP contribution in [-0.4, -0.2) is 36.6 Å².